The quantitative estimate of drug-likeness (QED) is 0.750. The Morgan fingerprint density at radius 1 is 0.844 bits per heavy atom. The van der Waals surface area contributed by atoms with E-state index in [1.54, 1.807) is 6.92 Å². The molecular weight excluding hydrogens is 400 g/mol. The first-order valence-corrected chi connectivity index (χ1v) is 11.4. The molecule has 166 valence electrons. The molecule has 2 saturated heterocycles. The molecule has 6 heteroatoms. The summed E-state index contributed by atoms with van der Waals surface area (Å²) in [5.41, 5.74) is 2.23. The van der Waals surface area contributed by atoms with Gasteiger partial charge in [0.05, 0.1) is 17.0 Å². The molecular formula is C26H30N4O2. The number of amides is 2. The summed E-state index contributed by atoms with van der Waals surface area (Å²) in [6.07, 6.45) is 2.21. The van der Waals surface area contributed by atoms with Crippen LogP contribution in [0.2, 0.25) is 0 Å². The maximum Gasteiger partial charge on any atom is 0.233 e. The van der Waals surface area contributed by atoms with E-state index in [2.05, 4.69) is 23.1 Å². The van der Waals surface area contributed by atoms with Gasteiger partial charge < -0.3 is 14.7 Å². The second kappa shape index (κ2) is 9.44. The molecule has 2 aromatic rings. The molecule has 0 aromatic heterocycles. The van der Waals surface area contributed by atoms with E-state index in [0.717, 1.165) is 37.3 Å². The van der Waals surface area contributed by atoms with Crippen molar-refractivity contribution in [3.05, 3.63) is 65.7 Å². The zero-order valence-electron chi connectivity index (χ0n) is 18.7. The highest BCUT2D eigenvalue weighted by Gasteiger charge is 2.45. The van der Waals surface area contributed by atoms with E-state index in [1.165, 1.54) is 0 Å². The van der Waals surface area contributed by atoms with Crippen molar-refractivity contribution in [2.24, 2.45) is 0 Å². The molecule has 0 atom stereocenters. The third-order valence-corrected chi connectivity index (χ3v) is 6.94. The van der Waals surface area contributed by atoms with Crippen molar-refractivity contribution in [3.63, 3.8) is 0 Å². The van der Waals surface area contributed by atoms with Gasteiger partial charge in [0.1, 0.15) is 0 Å². The number of likely N-dealkylation sites (tertiary alicyclic amines) is 1. The lowest BCUT2D eigenvalue weighted by molar-refractivity contribution is -0.142. The number of anilines is 1. The summed E-state index contributed by atoms with van der Waals surface area (Å²) in [5.74, 6) is 0.264. The highest BCUT2D eigenvalue weighted by atomic mass is 16.2. The van der Waals surface area contributed by atoms with E-state index >= 15 is 0 Å². The predicted molar refractivity (Wildman–Crippen MR) is 124 cm³/mol. The number of nitriles is 1. The number of carbonyl (C=O) groups excluding carboxylic acids is 2. The number of benzene rings is 2. The van der Waals surface area contributed by atoms with Crippen LogP contribution in [0.15, 0.2) is 54.6 Å². The van der Waals surface area contributed by atoms with Crippen LogP contribution >= 0.6 is 0 Å². The second-order valence-corrected chi connectivity index (χ2v) is 8.75. The lowest BCUT2D eigenvalue weighted by Gasteiger charge is -2.43. The van der Waals surface area contributed by atoms with E-state index in [1.807, 2.05) is 52.3 Å². The van der Waals surface area contributed by atoms with Gasteiger partial charge in [-0.1, -0.05) is 30.3 Å². The van der Waals surface area contributed by atoms with Crippen molar-refractivity contribution in [1.29, 1.82) is 5.26 Å². The summed E-state index contributed by atoms with van der Waals surface area (Å²) in [5, 5.41) is 9.04. The van der Waals surface area contributed by atoms with Crippen molar-refractivity contribution < 1.29 is 9.59 Å². The average molecular weight is 431 g/mol. The monoisotopic (exact) mass is 430 g/mol. The average Bonchev–Trinajstić information content (AvgIpc) is 3.10. The summed E-state index contributed by atoms with van der Waals surface area (Å²) < 4.78 is 0. The zero-order chi connectivity index (χ0) is 22.6. The van der Waals surface area contributed by atoms with Crippen LogP contribution in [-0.4, -0.2) is 60.9 Å². The normalized spacial score (nSPS) is 18.6. The molecule has 2 aliphatic rings. The molecule has 2 fully saturated rings. The van der Waals surface area contributed by atoms with E-state index in [-0.39, 0.29) is 11.8 Å². The molecule has 0 spiro atoms. The first kappa shape index (κ1) is 21.9. The largest absolute Gasteiger partial charge is 0.370 e. The van der Waals surface area contributed by atoms with Gasteiger partial charge in [-0.25, -0.2) is 0 Å². The van der Waals surface area contributed by atoms with E-state index in [9.17, 15) is 9.59 Å². The number of carbonyl (C=O) groups is 2. The van der Waals surface area contributed by atoms with Crippen molar-refractivity contribution in [3.8, 4) is 6.07 Å². The summed E-state index contributed by atoms with van der Waals surface area (Å²) in [6, 6.07) is 19.9. The van der Waals surface area contributed by atoms with Gasteiger partial charge in [-0.3, -0.25) is 9.59 Å². The van der Waals surface area contributed by atoms with Crippen LogP contribution in [0, 0.1) is 11.3 Å². The van der Waals surface area contributed by atoms with E-state index in [4.69, 9.17) is 5.26 Å². The van der Waals surface area contributed by atoms with Crippen molar-refractivity contribution in [2.45, 2.75) is 31.6 Å². The molecule has 2 amide bonds. The molecule has 4 rings (SSSR count). The molecule has 0 aliphatic carbocycles. The smallest absolute Gasteiger partial charge is 0.233 e. The van der Waals surface area contributed by atoms with Gasteiger partial charge in [0.15, 0.2) is 0 Å². The zero-order valence-corrected chi connectivity index (χ0v) is 18.7. The third kappa shape index (κ3) is 4.34. The Morgan fingerprint density at radius 3 is 2.16 bits per heavy atom. The molecule has 2 aromatic carbocycles. The highest BCUT2D eigenvalue weighted by molar-refractivity contribution is 5.89. The minimum atomic E-state index is -0.573. The van der Waals surface area contributed by atoms with Gasteiger partial charge in [0, 0.05) is 51.9 Å². The van der Waals surface area contributed by atoms with Crippen molar-refractivity contribution in [2.75, 3.05) is 44.2 Å². The van der Waals surface area contributed by atoms with Gasteiger partial charge >= 0.3 is 0 Å². The standard InChI is InChI=1S/C26H30N4O2/c1-21(31)28-16-12-26(13-17-28,23-6-3-2-4-7-23)25(32)30-15-5-14-29(18-19-30)24-10-8-22(20-27)9-11-24/h2-4,6-11H,5,12-19H2,1H3. The van der Waals surface area contributed by atoms with Crippen LogP contribution in [0.1, 0.15) is 37.3 Å². The molecule has 32 heavy (non-hydrogen) atoms. The maximum atomic E-state index is 14.0. The molecule has 2 aliphatic heterocycles. The fourth-order valence-electron chi connectivity index (χ4n) is 5.01. The molecule has 0 unspecified atom stereocenters. The number of hydrogen-bond acceptors (Lipinski definition) is 4. The van der Waals surface area contributed by atoms with Crippen molar-refractivity contribution >= 4 is 17.5 Å². The first-order valence-electron chi connectivity index (χ1n) is 11.4. The highest BCUT2D eigenvalue weighted by Crippen LogP contribution is 2.38. The SMILES string of the molecule is CC(=O)N1CCC(C(=O)N2CCCN(c3ccc(C#N)cc3)CC2)(c2ccccc2)CC1. The third-order valence-electron chi connectivity index (χ3n) is 6.94. The minimum Gasteiger partial charge on any atom is -0.370 e. The predicted octanol–water partition coefficient (Wildman–Crippen LogP) is 3.18. The Bertz CT molecular complexity index is 989. The lowest BCUT2D eigenvalue weighted by atomic mass is 9.71. The number of rotatable bonds is 3. The lowest BCUT2D eigenvalue weighted by Crippen LogP contribution is -2.54. The summed E-state index contributed by atoms with van der Waals surface area (Å²) in [6.45, 7) is 5.88. The fraction of sp³-hybridized carbons (Fsp3) is 0.423. The van der Waals surface area contributed by atoms with Crippen LogP contribution in [0.3, 0.4) is 0 Å². The topological polar surface area (TPSA) is 67.7 Å². The van der Waals surface area contributed by atoms with Gasteiger partial charge in [0.25, 0.3) is 0 Å². The van der Waals surface area contributed by atoms with E-state index < -0.39 is 5.41 Å². The molecule has 6 nitrogen and oxygen atoms in total. The summed E-state index contributed by atoms with van der Waals surface area (Å²) >= 11 is 0. The Hall–Kier alpha value is -3.33. The maximum absolute atomic E-state index is 14.0. The molecule has 0 saturated carbocycles. The Labute approximate surface area is 190 Å². The number of nitrogens with zero attached hydrogens (tertiary/aromatic N) is 4. The van der Waals surface area contributed by atoms with Crippen LogP contribution in [0.5, 0.6) is 0 Å². The molecule has 0 N–H and O–H groups in total. The van der Waals surface area contributed by atoms with Gasteiger partial charge in [-0.05, 0) is 49.1 Å². The van der Waals surface area contributed by atoms with Crippen molar-refractivity contribution in [1.82, 2.24) is 9.80 Å². The number of piperidine rings is 1. The molecule has 0 radical (unpaired) electrons. The van der Waals surface area contributed by atoms with Gasteiger partial charge in [-0.2, -0.15) is 5.26 Å². The van der Waals surface area contributed by atoms with E-state index in [0.29, 0.717) is 38.0 Å². The minimum absolute atomic E-state index is 0.0759. The first-order chi connectivity index (χ1) is 15.5. The van der Waals surface area contributed by atoms with Crippen LogP contribution < -0.4 is 4.90 Å². The summed E-state index contributed by atoms with van der Waals surface area (Å²) in [4.78, 5) is 32.1. The summed E-state index contributed by atoms with van der Waals surface area (Å²) in [7, 11) is 0. The molecule has 0 bridgehead atoms. The number of hydrogen-bond donors (Lipinski definition) is 0. The van der Waals surface area contributed by atoms with Crippen LogP contribution in [0.25, 0.3) is 0 Å². The fourth-order valence-corrected chi connectivity index (χ4v) is 5.01. The Balaban J connectivity index is 1.52. The van der Waals surface area contributed by atoms with Gasteiger partial charge in [-0.15, -0.1) is 0 Å². The Morgan fingerprint density at radius 2 is 1.53 bits per heavy atom. The second-order valence-electron chi connectivity index (χ2n) is 8.75. The molecule has 2 heterocycles. The Kier molecular flexibility index (Phi) is 6.45. The van der Waals surface area contributed by atoms with Crippen LogP contribution in [0.4, 0.5) is 5.69 Å². The van der Waals surface area contributed by atoms with Gasteiger partial charge in [0.2, 0.25) is 11.8 Å². The van der Waals surface area contributed by atoms with Crippen LogP contribution in [-0.2, 0) is 15.0 Å².